The molecule has 0 aromatic rings. The van der Waals surface area contributed by atoms with Crippen molar-refractivity contribution in [1.29, 1.82) is 0 Å². The van der Waals surface area contributed by atoms with E-state index in [-0.39, 0.29) is 6.10 Å². The maximum Gasteiger partial charge on any atom is 0.0578 e. The molecule has 0 amide bonds. The fraction of sp³-hybridized carbons (Fsp3) is 0.793. The summed E-state index contributed by atoms with van der Waals surface area (Å²) >= 11 is 0. The lowest BCUT2D eigenvalue weighted by Crippen LogP contribution is -2.46. The molecule has 8 atom stereocenters. The van der Waals surface area contributed by atoms with Crippen molar-refractivity contribution in [1.82, 2.24) is 0 Å². The van der Waals surface area contributed by atoms with Crippen molar-refractivity contribution in [2.75, 3.05) is 0 Å². The van der Waals surface area contributed by atoms with E-state index < -0.39 is 0 Å². The van der Waals surface area contributed by atoms with Crippen LogP contribution in [0.3, 0.4) is 0 Å². The Bertz CT molecular complexity index is 754. The van der Waals surface area contributed by atoms with Crippen molar-refractivity contribution < 1.29 is 5.11 Å². The lowest BCUT2D eigenvalue weighted by atomic mass is 9.50. The Balaban J connectivity index is 1.59. The van der Waals surface area contributed by atoms with Gasteiger partial charge in [0.2, 0.25) is 0 Å². The van der Waals surface area contributed by atoms with Gasteiger partial charge in [-0.2, -0.15) is 0 Å². The van der Waals surface area contributed by atoms with Crippen LogP contribution in [0, 0.1) is 46.3 Å². The van der Waals surface area contributed by atoms with E-state index in [4.69, 9.17) is 0 Å². The quantitative estimate of drug-likeness (QED) is 0.470. The minimum absolute atomic E-state index is 0.118. The van der Waals surface area contributed by atoms with E-state index in [1.807, 2.05) is 0 Å². The van der Waals surface area contributed by atoms with Gasteiger partial charge in [-0.1, -0.05) is 76.5 Å². The van der Waals surface area contributed by atoms with E-state index in [9.17, 15) is 5.11 Å². The van der Waals surface area contributed by atoms with Crippen LogP contribution < -0.4 is 0 Å². The summed E-state index contributed by atoms with van der Waals surface area (Å²) in [5, 5.41) is 10.2. The minimum atomic E-state index is -0.118. The van der Waals surface area contributed by atoms with Crippen molar-refractivity contribution in [3.8, 4) is 0 Å². The van der Waals surface area contributed by atoms with Gasteiger partial charge in [-0.25, -0.2) is 0 Å². The molecule has 1 unspecified atom stereocenters. The predicted molar refractivity (Wildman–Crippen MR) is 128 cm³/mol. The maximum absolute atomic E-state index is 10.2. The molecule has 0 aromatic heterocycles. The molecule has 168 valence electrons. The van der Waals surface area contributed by atoms with Gasteiger partial charge < -0.3 is 5.11 Å². The standard InChI is InChI=1S/C29H46O/c1-18(2)21(5)19(3)16-20(4)25-10-11-26-24-9-8-22-17-23(30)12-14-28(22,6)27(24)13-15-29(25,26)7/h8-9,16,18,20-21,23,25-27,30H,10-15,17H2,1-7H3/b19-16+/t20-,21-,23?,25-,26+,27+,28+,29-/m1/s1. The zero-order chi connectivity index (χ0) is 21.8. The summed E-state index contributed by atoms with van der Waals surface area (Å²) in [5.41, 5.74) is 5.66. The van der Waals surface area contributed by atoms with E-state index in [0.29, 0.717) is 22.7 Å². The molecular weight excluding hydrogens is 364 g/mol. The second kappa shape index (κ2) is 7.95. The van der Waals surface area contributed by atoms with Gasteiger partial charge >= 0.3 is 0 Å². The monoisotopic (exact) mass is 410 g/mol. The summed E-state index contributed by atoms with van der Waals surface area (Å²) in [6.45, 7) is 17.1. The molecule has 1 heteroatoms. The van der Waals surface area contributed by atoms with Crippen LogP contribution in [-0.2, 0) is 0 Å². The number of fused-ring (bicyclic) bond motifs is 5. The lowest BCUT2D eigenvalue weighted by Gasteiger charge is -2.55. The molecule has 0 aliphatic heterocycles. The first-order chi connectivity index (χ1) is 14.1. The molecule has 3 fully saturated rings. The molecule has 0 bridgehead atoms. The van der Waals surface area contributed by atoms with Gasteiger partial charge in [0.1, 0.15) is 0 Å². The molecule has 0 heterocycles. The molecule has 0 radical (unpaired) electrons. The lowest BCUT2D eigenvalue weighted by molar-refractivity contribution is 0.0382. The van der Waals surface area contributed by atoms with E-state index in [2.05, 4.69) is 66.7 Å². The molecule has 3 saturated carbocycles. The van der Waals surface area contributed by atoms with Crippen LogP contribution in [0.15, 0.2) is 34.9 Å². The number of hydrogen-bond donors (Lipinski definition) is 1. The SMILES string of the molecule is C/C(=C\[C@@H](C)[C@H]1CC[C@H]2C3=CC=C4CC(O)CC[C@]4(C)[C@H]3CC[C@]12C)[C@H](C)C(C)C. The zero-order valence-electron chi connectivity index (χ0n) is 20.7. The van der Waals surface area contributed by atoms with Crippen molar-refractivity contribution in [2.24, 2.45) is 46.3 Å². The summed E-state index contributed by atoms with van der Waals surface area (Å²) in [7, 11) is 0. The Morgan fingerprint density at radius 3 is 2.43 bits per heavy atom. The summed E-state index contributed by atoms with van der Waals surface area (Å²) in [6.07, 6.45) is 16.0. The normalized spacial score (nSPS) is 43.3. The molecule has 0 aromatic carbocycles. The average Bonchev–Trinajstić information content (AvgIpc) is 3.05. The molecule has 1 nitrogen and oxygen atoms in total. The Hall–Kier alpha value is -0.820. The van der Waals surface area contributed by atoms with Crippen LogP contribution in [0.25, 0.3) is 0 Å². The highest BCUT2D eigenvalue weighted by atomic mass is 16.3. The number of aliphatic hydroxyl groups excluding tert-OH is 1. The zero-order valence-corrected chi connectivity index (χ0v) is 20.7. The van der Waals surface area contributed by atoms with Crippen LogP contribution >= 0.6 is 0 Å². The summed E-state index contributed by atoms with van der Waals surface area (Å²) in [4.78, 5) is 0. The van der Waals surface area contributed by atoms with Crippen LogP contribution in [0.2, 0.25) is 0 Å². The molecule has 1 N–H and O–H groups in total. The molecule has 4 rings (SSSR count). The molecule has 4 aliphatic carbocycles. The Morgan fingerprint density at radius 1 is 1.00 bits per heavy atom. The smallest absolute Gasteiger partial charge is 0.0578 e. The largest absolute Gasteiger partial charge is 0.393 e. The van der Waals surface area contributed by atoms with Gasteiger partial charge in [0, 0.05) is 0 Å². The van der Waals surface area contributed by atoms with Crippen LogP contribution in [0.4, 0.5) is 0 Å². The third kappa shape index (κ3) is 3.48. The van der Waals surface area contributed by atoms with E-state index in [0.717, 1.165) is 36.5 Å². The Kier molecular flexibility index (Phi) is 5.93. The highest BCUT2D eigenvalue weighted by Gasteiger charge is 2.56. The number of hydrogen-bond acceptors (Lipinski definition) is 1. The summed E-state index contributed by atoms with van der Waals surface area (Å²) in [5.74, 6) is 4.37. The Morgan fingerprint density at radius 2 is 1.73 bits per heavy atom. The number of rotatable bonds is 4. The fourth-order valence-electron chi connectivity index (χ4n) is 8.10. The number of aliphatic hydroxyl groups is 1. The second-order valence-corrected chi connectivity index (χ2v) is 12.3. The first-order valence-electron chi connectivity index (χ1n) is 12.9. The van der Waals surface area contributed by atoms with Gasteiger partial charge in [-0.15, -0.1) is 0 Å². The van der Waals surface area contributed by atoms with Gasteiger partial charge in [0.15, 0.2) is 0 Å². The van der Waals surface area contributed by atoms with Crippen molar-refractivity contribution in [2.45, 2.75) is 99.5 Å². The van der Waals surface area contributed by atoms with Gasteiger partial charge in [-0.3, -0.25) is 0 Å². The van der Waals surface area contributed by atoms with Crippen molar-refractivity contribution in [3.63, 3.8) is 0 Å². The van der Waals surface area contributed by atoms with Crippen LogP contribution in [0.5, 0.6) is 0 Å². The first kappa shape index (κ1) is 22.4. The highest BCUT2D eigenvalue weighted by Crippen LogP contribution is 2.66. The van der Waals surface area contributed by atoms with Crippen molar-refractivity contribution in [3.05, 3.63) is 34.9 Å². The maximum atomic E-state index is 10.2. The fourth-order valence-corrected chi connectivity index (χ4v) is 8.10. The van der Waals surface area contributed by atoms with E-state index in [1.54, 1.807) is 11.1 Å². The van der Waals surface area contributed by atoms with Crippen molar-refractivity contribution >= 4 is 0 Å². The molecule has 30 heavy (non-hydrogen) atoms. The summed E-state index contributed by atoms with van der Waals surface area (Å²) in [6, 6.07) is 0. The second-order valence-electron chi connectivity index (χ2n) is 12.3. The third-order valence-corrected chi connectivity index (χ3v) is 10.5. The summed E-state index contributed by atoms with van der Waals surface area (Å²) < 4.78 is 0. The average molecular weight is 411 g/mol. The Labute approximate surface area is 186 Å². The van der Waals surface area contributed by atoms with Gasteiger partial charge in [-0.05, 0) is 98.2 Å². The van der Waals surface area contributed by atoms with Gasteiger partial charge in [0.05, 0.1) is 6.10 Å². The minimum Gasteiger partial charge on any atom is -0.393 e. The van der Waals surface area contributed by atoms with Gasteiger partial charge in [0.25, 0.3) is 0 Å². The topological polar surface area (TPSA) is 20.2 Å². The predicted octanol–water partition coefficient (Wildman–Crippen LogP) is 7.72. The van der Waals surface area contributed by atoms with E-state index >= 15 is 0 Å². The van der Waals surface area contributed by atoms with E-state index in [1.165, 1.54) is 37.7 Å². The van der Waals surface area contributed by atoms with Crippen LogP contribution in [-0.4, -0.2) is 11.2 Å². The number of allylic oxidation sites excluding steroid dienone is 5. The molecule has 4 aliphatic rings. The third-order valence-electron chi connectivity index (χ3n) is 10.5. The molecule has 0 spiro atoms. The molecular formula is C29H46O. The van der Waals surface area contributed by atoms with Crippen LogP contribution in [0.1, 0.15) is 93.4 Å². The molecule has 0 saturated heterocycles. The first-order valence-corrected chi connectivity index (χ1v) is 12.9. The highest BCUT2D eigenvalue weighted by molar-refractivity contribution is 5.39.